The van der Waals surface area contributed by atoms with E-state index in [9.17, 15) is 0 Å². The molecule has 0 N–H and O–H groups in total. The van der Waals surface area contributed by atoms with Gasteiger partial charge < -0.3 is 14.7 Å². The van der Waals surface area contributed by atoms with Gasteiger partial charge in [0.15, 0.2) is 0 Å². The highest BCUT2D eigenvalue weighted by Crippen LogP contribution is 2.42. The Bertz CT molecular complexity index is 3320. The van der Waals surface area contributed by atoms with Crippen LogP contribution >= 0.6 is 0 Å². The third-order valence-electron chi connectivity index (χ3n) is 12.2. The summed E-state index contributed by atoms with van der Waals surface area (Å²) in [5.74, 6) is 0. The Balaban J connectivity index is 0.932. The van der Waals surface area contributed by atoms with Crippen LogP contribution < -0.4 is 14.7 Å². The second-order valence-electron chi connectivity index (χ2n) is 16.2. The van der Waals surface area contributed by atoms with E-state index in [2.05, 4.69) is 288 Å². The Morgan fingerprint density at radius 1 is 0.169 bits per heavy atom. The van der Waals surface area contributed by atoms with Gasteiger partial charge in [-0.1, -0.05) is 164 Å². The number of anilines is 9. The summed E-state index contributed by atoms with van der Waals surface area (Å²) in [4.78, 5) is 7.00. The van der Waals surface area contributed by atoms with Gasteiger partial charge in [0.1, 0.15) is 0 Å². The predicted molar refractivity (Wildman–Crippen MR) is 276 cm³/mol. The van der Waals surface area contributed by atoms with Gasteiger partial charge in [0.05, 0.1) is 0 Å². The number of para-hydroxylation sites is 3. The zero-order chi connectivity index (χ0) is 43.4. The maximum atomic E-state index is 2.35. The second-order valence-corrected chi connectivity index (χ2v) is 16.2. The first-order chi connectivity index (χ1) is 32.2. The van der Waals surface area contributed by atoms with Gasteiger partial charge in [-0.2, -0.15) is 0 Å². The number of fused-ring (bicyclic) bond motifs is 3. The number of nitrogens with zero attached hydrogens (tertiary/aromatic N) is 3. The van der Waals surface area contributed by atoms with E-state index in [1.165, 1.54) is 43.8 Å². The fourth-order valence-electron chi connectivity index (χ4n) is 9.02. The molecule has 3 heteroatoms. The van der Waals surface area contributed by atoms with Crippen LogP contribution in [0.25, 0.3) is 43.8 Å². The molecule has 0 saturated carbocycles. The Labute approximate surface area is 381 Å². The molecule has 0 amide bonds. The first-order valence-electron chi connectivity index (χ1n) is 22.2. The SMILES string of the molecule is c1ccc(-c2ccc(N(c3ccccc3)c3ccc(N(c4ccccc4)c4ccc5c(ccc6cc(N(c7ccccc7)c7ccc(-c8ccccc8)cc7)ccc65)c4)cc3)cc2)cc1. The topological polar surface area (TPSA) is 9.72 Å². The molecule has 308 valence electrons. The Morgan fingerprint density at radius 3 is 0.723 bits per heavy atom. The average molecular weight is 832 g/mol. The maximum absolute atomic E-state index is 2.35. The summed E-state index contributed by atoms with van der Waals surface area (Å²) in [6.45, 7) is 0. The quantitative estimate of drug-likeness (QED) is 0.120. The van der Waals surface area contributed by atoms with Crippen molar-refractivity contribution in [2.75, 3.05) is 14.7 Å². The van der Waals surface area contributed by atoms with Crippen molar-refractivity contribution in [3.63, 3.8) is 0 Å². The van der Waals surface area contributed by atoms with Crippen LogP contribution in [0.3, 0.4) is 0 Å². The van der Waals surface area contributed by atoms with Gasteiger partial charge in [0, 0.05) is 51.2 Å². The van der Waals surface area contributed by atoms with Crippen LogP contribution in [0.5, 0.6) is 0 Å². The molecule has 0 aliphatic heterocycles. The highest BCUT2D eigenvalue weighted by molar-refractivity contribution is 6.09. The first-order valence-corrected chi connectivity index (χ1v) is 22.2. The average Bonchev–Trinajstić information content (AvgIpc) is 3.39. The highest BCUT2D eigenvalue weighted by atomic mass is 15.2. The number of rotatable bonds is 11. The van der Waals surface area contributed by atoms with E-state index in [0.717, 1.165) is 51.2 Å². The van der Waals surface area contributed by atoms with Crippen molar-refractivity contribution in [3.8, 4) is 22.3 Å². The van der Waals surface area contributed by atoms with Crippen molar-refractivity contribution in [3.05, 3.63) is 273 Å². The van der Waals surface area contributed by atoms with Crippen molar-refractivity contribution < 1.29 is 0 Å². The van der Waals surface area contributed by atoms with Gasteiger partial charge in [0.2, 0.25) is 0 Å². The lowest BCUT2D eigenvalue weighted by Gasteiger charge is -2.28. The van der Waals surface area contributed by atoms with E-state index in [0.29, 0.717) is 0 Å². The minimum absolute atomic E-state index is 1.08. The lowest BCUT2D eigenvalue weighted by atomic mass is 9.99. The van der Waals surface area contributed by atoms with E-state index in [-0.39, 0.29) is 0 Å². The summed E-state index contributed by atoms with van der Waals surface area (Å²) in [5.41, 5.74) is 14.7. The number of benzene rings is 11. The number of hydrogen-bond donors (Lipinski definition) is 0. The van der Waals surface area contributed by atoms with Crippen LogP contribution in [0.1, 0.15) is 0 Å². The molecule has 11 aromatic rings. The highest BCUT2D eigenvalue weighted by Gasteiger charge is 2.18. The molecule has 0 heterocycles. The number of hydrogen-bond acceptors (Lipinski definition) is 3. The van der Waals surface area contributed by atoms with E-state index in [1.807, 2.05) is 0 Å². The van der Waals surface area contributed by atoms with Gasteiger partial charge in [-0.15, -0.1) is 0 Å². The van der Waals surface area contributed by atoms with Crippen LogP contribution in [0.4, 0.5) is 51.2 Å². The third kappa shape index (κ3) is 7.99. The van der Waals surface area contributed by atoms with Crippen molar-refractivity contribution in [2.45, 2.75) is 0 Å². The minimum Gasteiger partial charge on any atom is -0.311 e. The lowest BCUT2D eigenvalue weighted by Crippen LogP contribution is -2.12. The Hall–Kier alpha value is -8.66. The van der Waals surface area contributed by atoms with Crippen molar-refractivity contribution >= 4 is 72.7 Å². The second kappa shape index (κ2) is 17.6. The zero-order valence-electron chi connectivity index (χ0n) is 35.8. The molecule has 0 spiro atoms. The standard InChI is InChI=1S/C62H45N3/c1-6-16-46(17-7-1)48-28-32-55(33-29-48)63(52-20-10-3-11-21-52)57-36-38-58(39-37-57)65(54-24-14-5-15-25-54)60-41-43-62-51(45-60)27-26-50-44-59(40-42-61(50)62)64(53-22-12-4-13-23-53)56-34-30-49(31-35-56)47-18-8-2-9-19-47/h1-45H. The Kier molecular flexibility index (Phi) is 10.6. The molecule has 0 unspecified atom stereocenters. The van der Waals surface area contributed by atoms with Crippen LogP contribution in [-0.2, 0) is 0 Å². The van der Waals surface area contributed by atoms with Crippen molar-refractivity contribution in [1.82, 2.24) is 0 Å². The summed E-state index contributed by atoms with van der Waals surface area (Å²) in [7, 11) is 0. The van der Waals surface area contributed by atoms with Gasteiger partial charge in [-0.05, 0) is 153 Å². The molecule has 0 atom stereocenters. The molecule has 11 rings (SSSR count). The molecule has 0 aliphatic carbocycles. The molecule has 65 heavy (non-hydrogen) atoms. The van der Waals surface area contributed by atoms with Crippen LogP contribution in [-0.4, -0.2) is 0 Å². The van der Waals surface area contributed by atoms with Crippen LogP contribution in [0.2, 0.25) is 0 Å². The van der Waals surface area contributed by atoms with Crippen LogP contribution in [0.15, 0.2) is 273 Å². The zero-order valence-corrected chi connectivity index (χ0v) is 35.8. The fraction of sp³-hybridized carbons (Fsp3) is 0. The van der Waals surface area contributed by atoms with Crippen molar-refractivity contribution in [2.24, 2.45) is 0 Å². The molecule has 0 bridgehead atoms. The van der Waals surface area contributed by atoms with Gasteiger partial charge in [0.25, 0.3) is 0 Å². The molecule has 0 aromatic heterocycles. The van der Waals surface area contributed by atoms with Crippen LogP contribution in [0, 0.1) is 0 Å². The molecular formula is C62H45N3. The van der Waals surface area contributed by atoms with E-state index in [1.54, 1.807) is 0 Å². The smallest absolute Gasteiger partial charge is 0.0468 e. The van der Waals surface area contributed by atoms with E-state index < -0.39 is 0 Å². The molecule has 0 radical (unpaired) electrons. The summed E-state index contributed by atoms with van der Waals surface area (Å²) < 4.78 is 0. The van der Waals surface area contributed by atoms with Gasteiger partial charge in [-0.25, -0.2) is 0 Å². The molecule has 0 aliphatic rings. The third-order valence-corrected chi connectivity index (χ3v) is 12.2. The van der Waals surface area contributed by atoms with E-state index in [4.69, 9.17) is 0 Å². The molecule has 0 saturated heterocycles. The molecule has 0 fully saturated rings. The summed E-state index contributed by atoms with van der Waals surface area (Å²) in [6.07, 6.45) is 0. The van der Waals surface area contributed by atoms with Gasteiger partial charge >= 0.3 is 0 Å². The monoisotopic (exact) mass is 831 g/mol. The summed E-state index contributed by atoms with van der Waals surface area (Å²) in [6, 6.07) is 97.8. The maximum Gasteiger partial charge on any atom is 0.0468 e. The van der Waals surface area contributed by atoms with E-state index >= 15 is 0 Å². The molecule has 11 aromatic carbocycles. The summed E-state index contributed by atoms with van der Waals surface area (Å²) in [5, 5.41) is 4.82. The lowest BCUT2D eigenvalue weighted by molar-refractivity contribution is 1.26. The molecular weight excluding hydrogens is 787 g/mol. The minimum atomic E-state index is 1.08. The molecule has 3 nitrogen and oxygen atoms in total. The normalized spacial score (nSPS) is 11.1. The Morgan fingerprint density at radius 2 is 0.400 bits per heavy atom. The fourth-order valence-corrected chi connectivity index (χ4v) is 9.02. The predicted octanol–water partition coefficient (Wildman–Crippen LogP) is 17.7. The summed E-state index contributed by atoms with van der Waals surface area (Å²) >= 11 is 0. The van der Waals surface area contributed by atoms with Crippen molar-refractivity contribution in [1.29, 1.82) is 0 Å². The first kappa shape index (κ1) is 39.2. The van der Waals surface area contributed by atoms with Gasteiger partial charge in [-0.3, -0.25) is 0 Å². The largest absolute Gasteiger partial charge is 0.311 e.